The van der Waals surface area contributed by atoms with Crippen LogP contribution < -0.4 is 5.73 Å². The van der Waals surface area contributed by atoms with Crippen LogP contribution in [0.5, 0.6) is 0 Å². The minimum Gasteiger partial charge on any atom is -0.458 e. The molecule has 0 saturated heterocycles. The van der Waals surface area contributed by atoms with E-state index in [4.69, 9.17) is 26.5 Å². The van der Waals surface area contributed by atoms with Gasteiger partial charge >= 0.3 is 0 Å². The fourth-order valence-electron chi connectivity index (χ4n) is 1.70. The highest BCUT2D eigenvalue weighted by molar-refractivity contribution is 9.10. The number of fused-ring (bicyclic) bond motifs is 1. The zero-order chi connectivity index (χ0) is 11.7. The second-order valence-corrected chi connectivity index (χ2v) is 4.64. The Kier molecular flexibility index (Phi) is 3.54. The highest BCUT2D eigenvalue weighted by Gasteiger charge is 2.17. The number of methoxy groups -OCH3 is 1. The van der Waals surface area contributed by atoms with Crippen LogP contribution in [0.2, 0.25) is 5.02 Å². The lowest BCUT2D eigenvalue weighted by atomic mass is 10.1. The fourth-order valence-corrected chi connectivity index (χ4v) is 2.45. The Morgan fingerprint density at radius 1 is 1.50 bits per heavy atom. The number of furan rings is 1. The Labute approximate surface area is 107 Å². The Morgan fingerprint density at radius 3 is 2.88 bits per heavy atom. The van der Waals surface area contributed by atoms with E-state index in [0.717, 1.165) is 15.4 Å². The summed E-state index contributed by atoms with van der Waals surface area (Å²) in [6.07, 6.45) is 0. The van der Waals surface area contributed by atoms with Crippen molar-refractivity contribution in [3.05, 3.63) is 33.0 Å². The first kappa shape index (κ1) is 11.9. The first-order valence-corrected chi connectivity index (χ1v) is 5.93. The van der Waals surface area contributed by atoms with E-state index in [1.807, 2.05) is 6.07 Å². The average molecular weight is 305 g/mol. The van der Waals surface area contributed by atoms with Crippen molar-refractivity contribution in [2.24, 2.45) is 5.73 Å². The molecular formula is C11H11BrClNO2. The van der Waals surface area contributed by atoms with E-state index < -0.39 is 0 Å². The fraction of sp³-hybridized carbons (Fsp3) is 0.273. The first-order valence-electron chi connectivity index (χ1n) is 4.76. The second kappa shape index (κ2) is 4.75. The van der Waals surface area contributed by atoms with Crippen molar-refractivity contribution in [2.45, 2.75) is 13.2 Å². The minimum atomic E-state index is 0.330. The predicted octanol–water partition coefficient (Wildman–Crippen LogP) is 3.45. The number of ether oxygens (including phenoxy) is 1. The maximum atomic E-state index is 6.08. The van der Waals surface area contributed by atoms with Crippen LogP contribution in [-0.2, 0) is 17.9 Å². The number of rotatable bonds is 3. The Hall–Kier alpha value is -0.550. The molecule has 0 atom stereocenters. The molecule has 0 aliphatic rings. The normalized spacial score (nSPS) is 11.2. The smallest absolute Gasteiger partial charge is 0.154 e. The molecule has 5 heteroatoms. The van der Waals surface area contributed by atoms with Crippen LogP contribution in [0.15, 0.2) is 21.0 Å². The molecule has 0 saturated carbocycles. The van der Waals surface area contributed by atoms with Gasteiger partial charge in [-0.25, -0.2) is 0 Å². The van der Waals surface area contributed by atoms with E-state index >= 15 is 0 Å². The minimum absolute atomic E-state index is 0.330. The second-order valence-electron chi connectivity index (χ2n) is 3.37. The van der Waals surface area contributed by atoms with Crippen molar-refractivity contribution in [1.82, 2.24) is 0 Å². The lowest BCUT2D eigenvalue weighted by molar-refractivity contribution is 0.184. The van der Waals surface area contributed by atoms with Crippen molar-refractivity contribution >= 4 is 38.5 Å². The van der Waals surface area contributed by atoms with Crippen molar-refractivity contribution in [3.8, 4) is 0 Å². The van der Waals surface area contributed by atoms with E-state index in [1.54, 1.807) is 13.2 Å². The van der Waals surface area contributed by atoms with Gasteiger partial charge in [-0.15, -0.1) is 0 Å². The lowest BCUT2D eigenvalue weighted by Gasteiger charge is -2.00. The average Bonchev–Trinajstić information content (AvgIpc) is 2.64. The summed E-state index contributed by atoms with van der Waals surface area (Å²) in [6, 6.07) is 3.67. The SMILES string of the molecule is COCc1c(CN)oc2c(Cl)ccc(Br)c12. The van der Waals surface area contributed by atoms with Crippen molar-refractivity contribution in [3.63, 3.8) is 0 Å². The van der Waals surface area contributed by atoms with E-state index in [1.165, 1.54) is 0 Å². The third-order valence-electron chi connectivity index (χ3n) is 2.40. The van der Waals surface area contributed by atoms with Crippen LogP contribution in [0.1, 0.15) is 11.3 Å². The van der Waals surface area contributed by atoms with Crippen LogP contribution in [0, 0.1) is 0 Å². The molecule has 1 heterocycles. The molecule has 16 heavy (non-hydrogen) atoms. The molecule has 0 aliphatic heterocycles. The summed E-state index contributed by atoms with van der Waals surface area (Å²) in [5.74, 6) is 0.714. The van der Waals surface area contributed by atoms with Gasteiger partial charge in [0.1, 0.15) is 5.76 Å². The summed E-state index contributed by atoms with van der Waals surface area (Å²) in [5, 5.41) is 1.52. The van der Waals surface area contributed by atoms with Crippen LogP contribution in [-0.4, -0.2) is 7.11 Å². The van der Waals surface area contributed by atoms with E-state index in [9.17, 15) is 0 Å². The third kappa shape index (κ3) is 1.86. The Morgan fingerprint density at radius 2 is 2.25 bits per heavy atom. The van der Waals surface area contributed by atoms with Gasteiger partial charge in [-0.05, 0) is 12.1 Å². The van der Waals surface area contributed by atoms with E-state index in [-0.39, 0.29) is 0 Å². The van der Waals surface area contributed by atoms with Gasteiger partial charge in [0.05, 0.1) is 18.2 Å². The van der Waals surface area contributed by atoms with Crippen LogP contribution in [0.4, 0.5) is 0 Å². The molecule has 0 bridgehead atoms. The standard InChI is InChI=1S/C11H11BrClNO2/c1-15-5-6-9(4-14)16-11-8(13)3-2-7(12)10(6)11/h2-3H,4-5,14H2,1H3. The number of hydrogen-bond donors (Lipinski definition) is 1. The lowest BCUT2D eigenvalue weighted by Crippen LogP contribution is -1.99. The summed E-state index contributed by atoms with van der Waals surface area (Å²) in [5.41, 5.74) is 7.25. The molecule has 0 aliphatic carbocycles. The van der Waals surface area contributed by atoms with Gasteiger partial charge in [0.2, 0.25) is 0 Å². The maximum absolute atomic E-state index is 6.08. The Balaban J connectivity index is 2.78. The van der Waals surface area contributed by atoms with Crippen LogP contribution in [0.3, 0.4) is 0 Å². The van der Waals surface area contributed by atoms with Gasteiger partial charge in [-0.1, -0.05) is 27.5 Å². The molecule has 0 fully saturated rings. The van der Waals surface area contributed by atoms with Gasteiger partial charge in [0.25, 0.3) is 0 Å². The zero-order valence-corrected chi connectivity index (χ0v) is 11.1. The van der Waals surface area contributed by atoms with Crippen LogP contribution in [0.25, 0.3) is 11.0 Å². The van der Waals surface area contributed by atoms with Gasteiger partial charge in [-0.3, -0.25) is 0 Å². The summed E-state index contributed by atoms with van der Waals surface area (Å²) in [7, 11) is 1.64. The highest BCUT2D eigenvalue weighted by atomic mass is 79.9. The molecule has 1 aromatic carbocycles. The largest absolute Gasteiger partial charge is 0.458 e. The van der Waals surface area contributed by atoms with Gasteiger partial charge in [0, 0.05) is 22.5 Å². The molecule has 0 spiro atoms. The molecule has 3 nitrogen and oxygen atoms in total. The molecule has 86 valence electrons. The number of nitrogens with two attached hydrogens (primary N) is 1. The quantitative estimate of drug-likeness (QED) is 0.945. The summed E-state index contributed by atoms with van der Waals surface area (Å²) < 4.78 is 11.7. The molecule has 0 amide bonds. The molecule has 1 aromatic heterocycles. The number of hydrogen-bond acceptors (Lipinski definition) is 3. The van der Waals surface area contributed by atoms with Crippen molar-refractivity contribution in [1.29, 1.82) is 0 Å². The van der Waals surface area contributed by atoms with Crippen molar-refractivity contribution < 1.29 is 9.15 Å². The zero-order valence-electron chi connectivity index (χ0n) is 8.72. The number of benzene rings is 1. The molecule has 2 N–H and O–H groups in total. The van der Waals surface area contributed by atoms with Gasteiger partial charge < -0.3 is 14.9 Å². The monoisotopic (exact) mass is 303 g/mol. The number of halogens is 2. The molecule has 2 rings (SSSR count). The highest BCUT2D eigenvalue weighted by Crippen LogP contribution is 2.36. The first-order chi connectivity index (χ1) is 7.69. The Bertz CT molecular complexity index is 524. The summed E-state index contributed by atoms with van der Waals surface area (Å²) in [6.45, 7) is 0.786. The maximum Gasteiger partial charge on any atom is 0.154 e. The van der Waals surface area contributed by atoms with E-state index in [2.05, 4.69) is 15.9 Å². The summed E-state index contributed by atoms with van der Waals surface area (Å²) >= 11 is 9.55. The molecule has 0 radical (unpaired) electrons. The van der Waals surface area contributed by atoms with Gasteiger partial charge in [0.15, 0.2) is 5.58 Å². The van der Waals surface area contributed by atoms with Gasteiger partial charge in [-0.2, -0.15) is 0 Å². The molecule has 0 unspecified atom stereocenters. The summed E-state index contributed by atoms with van der Waals surface area (Å²) in [4.78, 5) is 0. The molecular weight excluding hydrogens is 293 g/mol. The topological polar surface area (TPSA) is 48.4 Å². The predicted molar refractivity (Wildman–Crippen MR) is 67.5 cm³/mol. The van der Waals surface area contributed by atoms with Crippen molar-refractivity contribution in [2.75, 3.05) is 7.11 Å². The van der Waals surface area contributed by atoms with Crippen LogP contribution >= 0.6 is 27.5 Å². The third-order valence-corrected chi connectivity index (χ3v) is 3.35. The molecule has 2 aromatic rings. The van der Waals surface area contributed by atoms with E-state index in [0.29, 0.717) is 29.5 Å².